The van der Waals surface area contributed by atoms with Crippen LogP contribution in [0.3, 0.4) is 0 Å². The third kappa shape index (κ3) is 5.13. The van der Waals surface area contributed by atoms with E-state index in [-0.39, 0.29) is 0 Å². The molecule has 2 aromatic carbocycles. The van der Waals surface area contributed by atoms with Gasteiger partial charge in [0.05, 0.1) is 34.7 Å². The molecule has 0 spiro atoms. The van der Waals surface area contributed by atoms with E-state index >= 15 is 0 Å². The lowest BCUT2D eigenvalue weighted by atomic mass is 10.2. The van der Waals surface area contributed by atoms with Crippen LogP contribution in [0.25, 0.3) is 0 Å². The number of anilines is 1. The Morgan fingerprint density at radius 2 is 1.57 bits per heavy atom. The van der Waals surface area contributed by atoms with Crippen molar-refractivity contribution in [3.05, 3.63) is 42.0 Å². The molecule has 0 saturated carbocycles. The highest BCUT2D eigenvalue weighted by Gasteiger charge is 2.14. The highest BCUT2D eigenvalue weighted by Crippen LogP contribution is 2.37. The van der Waals surface area contributed by atoms with E-state index in [4.69, 9.17) is 18.9 Å². The van der Waals surface area contributed by atoms with E-state index in [1.807, 2.05) is 0 Å². The van der Waals surface area contributed by atoms with Gasteiger partial charge < -0.3 is 24.3 Å². The Morgan fingerprint density at radius 3 is 2.14 bits per heavy atom. The number of hydrogen-bond acceptors (Lipinski definition) is 7. The van der Waals surface area contributed by atoms with Gasteiger partial charge in [-0.25, -0.2) is 5.43 Å². The monoisotopic (exact) mass is 387 g/mol. The SMILES string of the molecule is COc1cccc(NC(=O)C(=O)N/N=C/c2cc(OC)c(OC)c(OC)c2)c1. The molecule has 2 rings (SSSR count). The molecule has 9 nitrogen and oxygen atoms in total. The zero-order valence-corrected chi connectivity index (χ0v) is 15.9. The number of hydrazone groups is 1. The third-order valence-corrected chi connectivity index (χ3v) is 3.60. The number of benzene rings is 2. The number of ether oxygens (including phenoxy) is 4. The van der Waals surface area contributed by atoms with Crippen molar-refractivity contribution in [1.82, 2.24) is 5.43 Å². The molecule has 2 amide bonds. The molecule has 28 heavy (non-hydrogen) atoms. The van der Waals surface area contributed by atoms with Crippen LogP contribution in [0.4, 0.5) is 5.69 Å². The van der Waals surface area contributed by atoms with Crippen molar-refractivity contribution in [2.75, 3.05) is 33.8 Å². The van der Waals surface area contributed by atoms with Crippen LogP contribution < -0.4 is 29.7 Å². The van der Waals surface area contributed by atoms with Crippen molar-refractivity contribution in [2.45, 2.75) is 0 Å². The van der Waals surface area contributed by atoms with Crippen molar-refractivity contribution in [3.8, 4) is 23.0 Å². The summed E-state index contributed by atoms with van der Waals surface area (Å²) in [6.45, 7) is 0. The maximum absolute atomic E-state index is 11.9. The standard InChI is InChI=1S/C19H21N3O6/c1-25-14-7-5-6-13(10-14)21-18(23)19(24)22-20-11-12-8-15(26-2)17(28-4)16(9-12)27-3/h5-11H,1-4H3,(H,21,23)(H,22,24)/b20-11+. The number of carbonyl (C=O) groups excluding carboxylic acids is 2. The van der Waals surface area contributed by atoms with Crippen molar-refractivity contribution in [3.63, 3.8) is 0 Å². The minimum absolute atomic E-state index is 0.424. The number of methoxy groups -OCH3 is 4. The highest BCUT2D eigenvalue weighted by molar-refractivity contribution is 6.39. The molecule has 9 heteroatoms. The summed E-state index contributed by atoms with van der Waals surface area (Å²) in [6, 6.07) is 9.92. The van der Waals surface area contributed by atoms with Crippen LogP contribution in [-0.2, 0) is 9.59 Å². The summed E-state index contributed by atoms with van der Waals surface area (Å²) < 4.78 is 20.8. The molecule has 0 aliphatic rings. The Morgan fingerprint density at radius 1 is 0.893 bits per heavy atom. The van der Waals surface area contributed by atoms with Gasteiger partial charge in [0.1, 0.15) is 5.75 Å². The predicted molar refractivity (Wildman–Crippen MR) is 103 cm³/mol. The van der Waals surface area contributed by atoms with Gasteiger partial charge in [0.15, 0.2) is 11.5 Å². The highest BCUT2D eigenvalue weighted by atomic mass is 16.5. The first kappa shape index (κ1) is 20.6. The summed E-state index contributed by atoms with van der Waals surface area (Å²) in [7, 11) is 5.98. The largest absolute Gasteiger partial charge is 0.497 e. The van der Waals surface area contributed by atoms with Crippen LogP contribution in [0.15, 0.2) is 41.5 Å². The maximum Gasteiger partial charge on any atom is 0.329 e. The van der Waals surface area contributed by atoms with Crippen molar-refractivity contribution >= 4 is 23.7 Å². The first-order valence-electron chi connectivity index (χ1n) is 8.10. The van der Waals surface area contributed by atoms with Crippen LogP contribution >= 0.6 is 0 Å². The molecule has 0 aromatic heterocycles. The zero-order valence-electron chi connectivity index (χ0n) is 15.9. The van der Waals surface area contributed by atoms with E-state index in [2.05, 4.69) is 15.8 Å². The van der Waals surface area contributed by atoms with Crippen LogP contribution in [0.5, 0.6) is 23.0 Å². The lowest BCUT2D eigenvalue weighted by Gasteiger charge is -2.12. The molecule has 0 heterocycles. The Kier molecular flexibility index (Phi) is 7.21. The Hall–Kier alpha value is -3.75. The fourth-order valence-electron chi connectivity index (χ4n) is 2.28. The van der Waals surface area contributed by atoms with Gasteiger partial charge in [-0.1, -0.05) is 6.07 Å². The average Bonchev–Trinajstić information content (AvgIpc) is 2.72. The Balaban J connectivity index is 2.03. The second-order valence-corrected chi connectivity index (χ2v) is 5.34. The molecule has 0 aliphatic heterocycles. The minimum atomic E-state index is -0.925. The molecule has 2 aromatic rings. The second kappa shape index (κ2) is 9.81. The van der Waals surface area contributed by atoms with Gasteiger partial charge in [-0.15, -0.1) is 0 Å². The molecule has 0 radical (unpaired) electrons. The number of nitrogens with one attached hydrogen (secondary N) is 2. The van der Waals surface area contributed by atoms with Gasteiger partial charge in [0.25, 0.3) is 0 Å². The molecular formula is C19H21N3O6. The summed E-state index contributed by atoms with van der Waals surface area (Å²) in [5, 5.41) is 6.24. The number of amides is 2. The second-order valence-electron chi connectivity index (χ2n) is 5.34. The van der Waals surface area contributed by atoms with Gasteiger partial charge in [-0.2, -0.15) is 5.10 Å². The predicted octanol–water partition coefficient (Wildman–Crippen LogP) is 1.81. The van der Waals surface area contributed by atoms with Crippen LogP contribution in [-0.4, -0.2) is 46.5 Å². The van der Waals surface area contributed by atoms with E-state index < -0.39 is 11.8 Å². The fraction of sp³-hybridized carbons (Fsp3) is 0.211. The van der Waals surface area contributed by atoms with Crippen molar-refractivity contribution in [2.24, 2.45) is 5.10 Å². The summed E-state index contributed by atoms with van der Waals surface area (Å²) in [6.07, 6.45) is 1.35. The number of carbonyl (C=O) groups is 2. The maximum atomic E-state index is 11.9. The number of nitrogens with zero attached hydrogens (tertiary/aromatic N) is 1. The average molecular weight is 387 g/mol. The Bertz CT molecular complexity index is 857. The molecule has 148 valence electrons. The molecule has 0 bridgehead atoms. The van der Waals surface area contributed by atoms with Crippen molar-refractivity contribution in [1.29, 1.82) is 0 Å². The molecule has 0 fully saturated rings. The first-order valence-corrected chi connectivity index (χ1v) is 8.10. The molecule has 2 N–H and O–H groups in total. The van der Waals surface area contributed by atoms with Crippen LogP contribution in [0.1, 0.15) is 5.56 Å². The van der Waals surface area contributed by atoms with E-state index in [0.29, 0.717) is 34.2 Å². The summed E-state index contributed by atoms with van der Waals surface area (Å²) in [5.74, 6) is 0.0695. The minimum Gasteiger partial charge on any atom is -0.497 e. The molecule has 0 saturated heterocycles. The molecule has 0 atom stereocenters. The summed E-state index contributed by atoms with van der Waals surface area (Å²) >= 11 is 0. The molecule has 0 aliphatic carbocycles. The van der Waals surface area contributed by atoms with E-state index in [1.54, 1.807) is 36.4 Å². The smallest absolute Gasteiger partial charge is 0.329 e. The normalized spacial score (nSPS) is 10.3. The van der Waals surface area contributed by atoms with E-state index in [1.165, 1.54) is 34.7 Å². The van der Waals surface area contributed by atoms with E-state index in [0.717, 1.165) is 0 Å². The van der Waals surface area contributed by atoms with Gasteiger partial charge in [-0.05, 0) is 24.3 Å². The fourth-order valence-corrected chi connectivity index (χ4v) is 2.28. The summed E-state index contributed by atoms with van der Waals surface area (Å²) in [4.78, 5) is 23.8. The quantitative estimate of drug-likeness (QED) is 0.426. The van der Waals surface area contributed by atoms with Crippen LogP contribution in [0.2, 0.25) is 0 Å². The number of rotatable bonds is 7. The van der Waals surface area contributed by atoms with Gasteiger partial charge in [0, 0.05) is 17.3 Å². The topological polar surface area (TPSA) is 107 Å². The lowest BCUT2D eigenvalue weighted by molar-refractivity contribution is -0.136. The third-order valence-electron chi connectivity index (χ3n) is 3.60. The summed E-state index contributed by atoms with van der Waals surface area (Å²) in [5.41, 5.74) is 3.15. The first-order chi connectivity index (χ1) is 13.5. The van der Waals surface area contributed by atoms with Gasteiger partial charge >= 0.3 is 11.8 Å². The molecular weight excluding hydrogens is 366 g/mol. The van der Waals surface area contributed by atoms with E-state index in [9.17, 15) is 9.59 Å². The van der Waals surface area contributed by atoms with Gasteiger partial charge in [0.2, 0.25) is 5.75 Å². The van der Waals surface area contributed by atoms with Crippen molar-refractivity contribution < 1.29 is 28.5 Å². The van der Waals surface area contributed by atoms with Gasteiger partial charge in [-0.3, -0.25) is 9.59 Å². The zero-order chi connectivity index (χ0) is 20.5. The lowest BCUT2D eigenvalue weighted by Crippen LogP contribution is -2.32. The number of hydrogen-bond donors (Lipinski definition) is 2. The Labute approximate surface area is 162 Å². The molecule has 0 unspecified atom stereocenters. The van der Waals surface area contributed by atoms with Crippen LogP contribution in [0, 0.1) is 0 Å².